The smallest absolute Gasteiger partial charge is 0.486 e. The third-order valence-corrected chi connectivity index (χ3v) is 3.20. The highest BCUT2D eigenvalue weighted by Crippen LogP contribution is 2.22. The summed E-state index contributed by atoms with van der Waals surface area (Å²) in [6, 6.07) is 10.3. The van der Waals surface area contributed by atoms with Gasteiger partial charge in [0.05, 0.1) is 0 Å². The van der Waals surface area contributed by atoms with Crippen LogP contribution >= 0.6 is 0 Å². The Bertz CT molecular complexity index is 794. The Morgan fingerprint density at radius 2 is 1.59 bits per heavy atom. The number of ether oxygens (including phenoxy) is 1. The summed E-state index contributed by atoms with van der Waals surface area (Å²) in [7, 11) is 0. The molecular weight excluding hydrogens is 292 g/mol. The van der Waals surface area contributed by atoms with Gasteiger partial charge in [-0.1, -0.05) is 24.3 Å². The Hall–Kier alpha value is -2.57. The lowest BCUT2D eigenvalue weighted by Crippen LogP contribution is -2.33. The molecule has 0 atom stereocenters. The van der Waals surface area contributed by atoms with Crippen molar-refractivity contribution < 1.29 is 17.7 Å². The van der Waals surface area contributed by atoms with Gasteiger partial charge in [0.25, 0.3) is 0 Å². The molecule has 0 spiro atoms. The topological polar surface area (TPSA) is 35.0 Å². The Labute approximate surface area is 124 Å². The van der Waals surface area contributed by atoms with Crippen molar-refractivity contribution in [1.82, 2.24) is 9.97 Å². The second kappa shape index (κ2) is 5.67. The van der Waals surface area contributed by atoms with E-state index >= 15 is 0 Å². The molecule has 3 rings (SSSR count). The molecule has 0 saturated carbocycles. The lowest BCUT2D eigenvalue weighted by atomic mass is 9.79. The van der Waals surface area contributed by atoms with Gasteiger partial charge in [-0.3, -0.25) is 0 Å². The Balaban J connectivity index is 1.81. The maximum atomic E-state index is 12.7. The highest BCUT2D eigenvalue weighted by Gasteiger charge is 2.25. The van der Waals surface area contributed by atoms with Crippen LogP contribution in [0, 0.1) is 0 Å². The molecule has 0 amide bonds. The third kappa shape index (κ3) is 3.19. The minimum atomic E-state index is -4.98. The van der Waals surface area contributed by atoms with Gasteiger partial charge in [-0.05, 0) is 29.0 Å². The molecule has 0 radical (unpaired) electrons. The van der Waals surface area contributed by atoms with Crippen molar-refractivity contribution in [1.29, 1.82) is 0 Å². The largest absolute Gasteiger partial charge is 0.509 e. The summed E-state index contributed by atoms with van der Waals surface area (Å²) in [5.41, 5.74) is -0.598. The average Bonchev–Trinajstić information content (AvgIpc) is 2.52. The first-order chi connectivity index (χ1) is 10.5. The number of nitrogens with zero attached hydrogens (tertiary/aromatic N) is 2. The predicted octanol–water partition coefficient (Wildman–Crippen LogP) is 3.26. The lowest BCUT2D eigenvalue weighted by molar-refractivity contribution is 0.296. The van der Waals surface area contributed by atoms with Crippen LogP contribution < -0.4 is 10.2 Å². The van der Waals surface area contributed by atoms with Gasteiger partial charge < -0.3 is 17.7 Å². The number of halogens is 3. The quantitative estimate of drug-likeness (QED) is 0.694. The zero-order chi connectivity index (χ0) is 15.6. The van der Waals surface area contributed by atoms with E-state index in [0.29, 0.717) is 22.3 Å². The standard InChI is InChI=1S/C15H11BF3N2O/c17-16(18,19)13-4-2-12-9-14(5-3-11(12)8-13)22-10-15-20-6-1-7-21-15/h1-9H,10H2/q-1. The molecule has 2 aromatic carbocycles. The fourth-order valence-corrected chi connectivity index (χ4v) is 2.09. The van der Waals surface area contributed by atoms with Crippen molar-refractivity contribution in [3.8, 4) is 5.75 Å². The average molecular weight is 303 g/mol. The molecule has 0 saturated heterocycles. The van der Waals surface area contributed by atoms with Gasteiger partial charge in [0, 0.05) is 12.4 Å². The van der Waals surface area contributed by atoms with Crippen LogP contribution in [0.5, 0.6) is 5.75 Å². The first-order valence-electron chi connectivity index (χ1n) is 6.65. The number of rotatable bonds is 4. The Morgan fingerprint density at radius 3 is 2.32 bits per heavy atom. The van der Waals surface area contributed by atoms with Crippen LogP contribution in [0.1, 0.15) is 5.82 Å². The van der Waals surface area contributed by atoms with Crippen molar-refractivity contribution >= 4 is 23.2 Å². The highest BCUT2D eigenvalue weighted by molar-refractivity contribution is 6.73. The predicted molar refractivity (Wildman–Crippen MR) is 79.0 cm³/mol. The lowest BCUT2D eigenvalue weighted by Gasteiger charge is -2.15. The Morgan fingerprint density at radius 1 is 0.909 bits per heavy atom. The van der Waals surface area contributed by atoms with Crippen molar-refractivity contribution in [2.24, 2.45) is 0 Å². The van der Waals surface area contributed by atoms with E-state index in [1.807, 2.05) is 0 Å². The number of aromatic nitrogens is 2. The van der Waals surface area contributed by atoms with Gasteiger partial charge >= 0.3 is 6.98 Å². The van der Waals surface area contributed by atoms with Crippen LogP contribution in [0.25, 0.3) is 10.8 Å². The van der Waals surface area contributed by atoms with Crippen molar-refractivity contribution in [2.45, 2.75) is 6.61 Å². The molecule has 112 valence electrons. The van der Waals surface area contributed by atoms with Gasteiger partial charge in [0.15, 0.2) is 5.82 Å². The fraction of sp³-hybridized carbons (Fsp3) is 0.0667. The summed E-state index contributed by atoms with van der Waals surface area (Å²) in [6.45, 7) is -4.78. The molecule has 22 heavy (non-hydrogen) atoms. The summed E-state index contributed by atoms with van der Waals surface area (Å²) in [5.74, 6) is 1.10. The first kappa shape index (κ1) is 14.4. The van der Waals surface area contributed by atoms with E-state index in [4.69, 9.17) is 4.74 Å². The molecular formula is C15H11BF3N2O-. The molecule has 3 aromatic rings. The summed E-state index contributed by atoms with van der Waals surface area (Å²) in [5, 5.41) is 1.22. The van der Waals surface area contributed by atoms with E-state index in [0.717, 1.165) is 12.1 Å². The van der Waals surface area contributed by atoms with Crippen LogP contribution in [-0.2, 0) is 6.61 Å². The SMILES string of the molecule is F[B-](F)(F)c1ccc2cc(OCc3ncccn3)ccc2c1. The van der Waals surface area contributed by atoms with E-state index in [1.165, 1.54) is 6.07 Å². The molecule has 0 bridgehead atoms. The normalized spacial score (nSPS) is 11.6. The molecule has 0 fully saturated rings. The van der Waals surface area contributed by atoms with Crippen LogP contribution in [0.15, 0.2) is 54.9 Å². The third-order valence-electron chi connectivity index (χ3n) is 3.20. The molecule has 7 heteroatoms. The van der Waals surface area contributed by atoms with Crippen molar-refractivity contribution in [2.75, 3.05) is 0 Å². The van der Waals surface area contributed by atoms with Crippen LogP contribution in [-0.4, -0.2) is 16.9 Å². The summed E-state index contributed by atoms with van der Waals surface area (Å²) in [6.07, 6.45) is 3.24. The second-order valence-corrected chi connectivity index (χ2v) is 4.80. The minimum absolute atomic E-state index is 0.204. The van der Waals surface area contributed by atoms with Crippen molar-refractivity contribution in [3.63, 3.8) is 0 Å². The highest BCUT2D eigenvalue weighted by atomic mass is 19.4. The van der Waals surface area contributed by atoms with E-state index in [9.17, 15) is 12.9 Å². The minimum Gasteiger partial charge on any atom is -0.486 e. The molecule has 0 N–H and O–H groups in total. The van der Waals surface area contributed by atoms with Crippen LogP contribution in [0.3, 0.4) is 0 Å². The van der Waals surface area contributed by atoms with E-state index < -0.39 is 12.4 Å². The molecule has 1 aromatic heterocycles. The summed E-state index contributed by atoms with van der Waals surface area (Å²) in [4.78, 5) is 8.07. The summed E-state index contributed by atoms with van der Waals surface area (Å²) >= 11 is 0. The van der Waals surface area contributed by atoms with Gasteiger partial charge in [0.1, 0.15) is 12.4 Å². The Kier molecular flexibility index (Phi) is 3.71. The molecule has 0 aliphatic carbocycles. The van der Waals surface area contributed by atoms with Crippen LogP contribution in [0.4, 0.5) is 12.9 Å². The van der Waals surface area contributed by atoms with E-state index in [-0.39, 0.29) is 6.61 Å². The maximum absolute atomic E-state index is 12.7. The number of hydrogen-bond acceptors (Lipinski definition) is 3. The van der Waals surface area contributed by atoms with Crippen LogP contribution in [0.2, 0.25) is 0 Å². The molecule has 1 heterocycles. The monoisotopic (exact) mass is 303 g/mol. The van der Waals surface area contributed by atoms with Gasteiger partial charge in [-0.15, -0.1) is 5.46 Å². The molecule has 0 aliphatic rings. The molecule has 0 aliphatic heterocycles. The fourth-order valence-electron chi connectivity index (χ4n) is 2.09. The van der Waals surface area contributed by atoms with Gasteiger partial charge in [-0.2, -0.15) is 0 Å². The number of benzene rings is 2. The zero-order valence-electron chi connectivity index (χ0n) is 11.4. The maximum Gasteiger partial charge on any atom is 0.509 e. The second-order valence-electron chi connectivity index (χ2n) is 4.80. The zero-order valence-corrected chi connectivity index (χ0v) is 11.4. The van der Waals surface area contributed by atoms with E-state index in [1.54, 1.807) is 36.7 Å². The number of fused-ring (bicyclic) bond motifs is 1. The summed E-state index contributed by atoms with van der Waals surface area (Å²) < 4.78 is 43.7. The number of hydrogen-bond donors (Lipinski definition) is 0. The molecule has 0 unspecified atom stereocenters. The van der Waals surface area contributed by atoms with Gasteiger partial charge in [0.2, 0.25) is 0 Å². The first-order valence-corrected chi connectivity index (χ1v) is 6.65. The van der Waals surface area contributed by atoms with Gasteiger partial charge in [-0.25, -0.2) is 9.97 Å². The van der Waals surface area contributed by atoms with Crippen molar-refractivity contribution in [3.05, 3.63) is 60.7 Å². The molecule has 3 nitrogen and oxygen atoms in total. The van der Waals surface area contributed by atoms with E-state index in [2.05, 4.69) is 9.97 Å².